The van der Waals surface area contributed by atoms with E-state index in [4.69, 9.17) is 4.74 Å². The summed E-state index contributed by atoms with van der Waals surface area (Å²) < 4.78 is 5.04. The first-order valence-corrected chi connectivity index (χ1v) is 4.32. The Hall–Kier alpha value is -1.62. The Morgan fingerprint density at radius 2 is 2.29 bits per heavy atom. The molecule has 0 spiro atoms. The van der Waals surface area contributed by atoms with Crippen LogP contribution in [0.2, 0.25) is 0 Å². The normalized spacial score (nSPS) is 21.7. The number of carbonyl (C=O) groups excluding carboxylic acids is 1. The number of ether oxygens (including phenoxy) is 1. The maximum Gasteiger partial charge on any atom is 0.253 e. The monoisotopic (exact) mass is 194 g/mol. The van der Waals surface area contributed by atoms with Crippen molar-refractivity contribution in [3.63, 3.8) is 0 Å². The maximum atomic E-state index is 11.4. The standard InChI is InChI=1S/C9H10N2O3/c12-8-5-14-4-7(11-8)6-2-1-3-10-9(6)13/h1-3,7H,4-5H2,(H,10,13)(H,11,12)/t7-/m0/s1. The molecular weight excluding hydrogens is 184 g/mol. The summed E-state index contributed by atoms with van der Waals surface area (Å²) in [5.74, 6) is -0.190. The van der Waals surface area contributed by atoms with Crippen LogP contribution in [0.4, 0.5) is 0 Å². The topological polar surface area (TPSA) is 71.2 Å². The lowest BCUT2D eigenvalue weighted by atomic mass is 10.1. The molecule has 0 aliphatic carbocycles. The molecule has 0 aromatic carbocycles. The van der Waals surface area contributed by atoms with E-state index >= 15 is 0 Å². The zero-order valence-corrected chi connectivity index (χ0v) is 7.45. The van der Waals surface area contributed by atoms with Gasteiger partial charge >= 0.3 is 0 Å². The van der Waals surface area contributed by atoms with Crippen molar-refractivity contribution in [3.8, 4) is 0 Å². The van der Waals surface area contributed by atoms with Crippen LogP contribution in [0.15, 0.2) is 23.1 Å². The van der Waals surface area contributed by atoms with Crippen molar-refractivity contribution in [1.29, 1.82) is 0 Å². The van der Waals surface area contributed by atoms with Gasteiger partial charge in [0.05, 0.1) is 12.6 Å². The first kappa shape index (κ1) is 8.96. The third-order valence-corrected chi connectivity index (χ3v) is 2.08. The quantitative estimate of drug-likeness (QED) is 0.636. The molecule has 1 aromatic rings. The molecule has 2 rings (SSSR count). The first-order chi connectivity index (χ1) is 6.77. The molecule has 5 heteroatoms. The Labute approximate surface area is 80.1 Å². The molecule has 1 aliphatic heterocycles. The van der Waals surface area contributed by atoms with Crippen molar-refractivity contribution < 1.29 is 9.53 Å². The van der Waals surface area contributed by atoms with Gasteiger partial charge in [-0.15, -0.1) is 0 Å². The van der Waals surface area contributed by atoms with Crippen LogP contribution in [-0.4, -0.2) is 24.1 Å². The zero-order chi connectivity index (χ0) is 9.97. The minimum atomic E-state index is -0.332. The number of aromatic amines is 1. The summed E-state index contributed by atoms with van der Waals surface area (Å²) in [7, 11) is 0. The van der Waals surface area contributed by atoms with Gasteiger partial charge in [-0.25, -0.2) is 0 Å². The Morgan fingerprint density at radius 3 is 3.00 bits per heavy atom. The number of nitrogens with one attached hydrogen (secondary N) is 2. The van der Waals surface area contributed by atoms with Gasteiger partial charge in [-0.1, -0.05) is 0 Å². The molecule has 1 saturated heterocycles. The fraction of sp³-hybridized carbons (Fsp3) is 0.333. The Morgan fingerprint density at radius 1 is 1.43 bits per heavy atom. The van der Waals surface area contributed by atoms with Crippen LogP contribution in [0, 0.1) is 0 Å². The molecule has 5 nitrogen and oxygen atoms in total. The van der Waals surface area contributed by atoms with Crippen LogP contribution in [0.5, 0.6) is 0 Å². The molecule has 1 amide bonds. The highest BCUT2D eigenvalue weighted by molar-refractivity contribution is 5.78. The van der Waals surface area contributed by atoms with Gasteiger partial charge in [0.25, 0.3) is 5.56 Å². The van der Waals surface area contributed by atoms with Crippen LogP contribution < -0.4 is 10.9 Å². The second-order valence-electron chi connectivity index (χ2n) is 3.09. The van der Waals surface area contributed by atoms with E-state index in [0.717, 1.165) is 0 Å². The molecule has 2 N–H and O–H groups in total. The lowest BCUT2D eigenvalue weighted by Gasteiger charge is -2.22. The molecule has 1 aliphatic rings. The van der Waals surface area contributed by atoms with E-state index in [9.17, 15) is 9.59 Å². The van der Waals surface area contributed by atoms with Gasteiger partial charge < -0.3 is 15.0 Å². The largest absolute Gasteiger partial charge is 0.369 e. The minimum Gasteiger partial charge on any atom is -0.369 e. The SMILES string of the molecule is O=C1COC[C@@H](c2ccc[nH]c2=O)N1. The molecule has 2 heterocycles. The van der Waals surface area contributed by atoms with Gasteiger partial charge in [-0.05, 0) is 12.1 Å². The van der Waals surface area contributed by atoms with Crippen molar-refractivity contribution in [2.45, 2.75) is 6.04 Å². The summed E-state index contributed by atoms with van der Waals surface area (Å²) in [6.45, 7) is 0.417. The smallest absolute Gasteiger partial charge is 0.253 e. The molecule has 1 fully saturated rings. The van der Waals surface area contributed by atoms with E-state index in [1.54, 1.807) is 18.3 Å². The van der Waals surface area contributed by atoms with Crippen LogP contribution >= 0.6 is 0 Å². The number of hydrogen-bond acceptors (Lipinski definition) is 3. The Bertz CT molecular complexity index is 399. The van der Waals surface area contributed by atoms with Crippen molar-refractivity contribution >= 4 is 5.91 Å². The number of rotatable bonds is 1. The highest BCUT2D eigenvalue weighted by atomic mass is 16.5. The van der Waals surface area contributed by atoms with Crippen molar-refractivity contribution in [3.05, 3.63) is 34.2 Å². The summed E-state index contributed by atoms with van der Waals surface area (Å²) in [5, 5.41) is 2.69. The summed E-state index contributed by atoms with van der Waals surface area (Å²) in [4.78, 5) is 24.9. The molecular formula is C9H10N2O3. The minimum absolute atomic E-state index is 0.0707. The van der Waals surface area contributed by atoms with Gasteiger partial charge in [0.15, 0.2) is 0 Å². The Kier molecular flexibility index (Phi) is 2.32. The molecule has 74 valence electrons. The van der Waals surface area contributed by atoms with E-state index in [2.05, 4.69) is 10.3 Å². The lowest BCUT2D eigenvalue weighted by Crippen LogP contribution is -2.41. The number of amides is 1. The van der Waals surface area contributed by atoms with Gasteiger partial charge in [0.1, 0.15) is 6.61 Å². The molecule has 1 atom stereocenters. The summed E-state index contributed by atoms with van der Waals surface area (Å²) in [6.07, 6.45) is 1.55. The second kappa shape index (κ2) is 3.63. The third-order valence-electron chi connectivity index (χ3n) is 2.08. The summed E-state index contributed by atoms with van der Waals surface area (Å²) in [5.41, 5.74) is 0.337. The number of H-pyrrole nitrogens is 1. The Balaban J connectivity index is 2.26. The molecule has 0 bridgehead atoms. The first-order valence-electron chi connectivity index (χ1n) is 4.32. The third kappa shape index (κ3) is 1.67. The van der Waals surface area contributed by atoms with E-state index in [1.165, 1.54) is 0 Å². The highest BCUT2D eigenvalue weighted by Gasteiger charge is 2.21. The number of pyridine rings is 1. The van der Waals surface area contributed by atoms with Crippen molar-refractivity contribution in [2.24, 2.45) is 0 Å². The van der Waals surface area contributed by atoms with Gasteiger partial charge in [-0.2, -0.15) is 0 Å². The molecule has 0 unspecified atom stereocenters. The van der Waals surface area contributed by atoms with E-state index < -0.39 is 0 Å². The lowest BCUT2D eigenvalue weighted by molar-refractivity contribution is -0.131. The average molecular weight is 194 g/mol. The van der Waals surface area contributed by atoms with Gasteiger partial charge in [0, 0.05) is 11.8 Å². The second-order valence-corrected chi connectivity index (χ2v) is 3.09. The molecule has 0 radical (unpaired) electrons. The fourth-order valence-corrected chi connectivity index (χ4v) is 1.42. The van der Waals surface area contributed by atoms with Gasteiger partial charge in [-0.3, -0.25) is 9.59 Å². The van der Waals surface area contributed by atoms with Crippen LogP contribution in [0.3, 0.4) is 0 Å². The maximum absolute atomic E-state index is 11.4. The zero-order valence-electron chi connectivity index (χ0n) is 7.45. The summed E-state index contributed by atoms with van der Waals surface area (Å²) >= 11 is 0. The van der Waals surface area contributed by atoms with E-state index in [-0.39, 0.29) is 24.1 Å². The van der Waals surface area contributed by atoms with Crippen LogP contribution in [-0.2, 0) is 9.53 Å². The number of aromatic nitrogens is 1. The molecule has 14 heavy (non-hydrogen) atoms. The predicted octanol–water partition coefficient (Wildman–Crippen LogP) is -0.438. The predicted molar refractivity (Wildman–Crippen MR) is 48.8 cm³/mol. The molecule has 0 saturated carbocycles. The van der Waals surface area contributed by atoms with Crippen LogP contribution in [0.1, 0.15) is 11.6 Å². The molecule has 1 aromatic heterocycles. The summed E-state index contributed by atoms with van der Waals surface area (Å²) in [6, 6.07) is 3.07. The van der Waals surface area contributed by atoms with Crippen LogP contribution in [0.25, 0.3) is 0 Å². The number of carbonyl (C=O) groups is 1. The fourth-order valence-electron chi connectivity index (χ4n) is 1.42. The number of hydrogen-bond donors (Lipinski definition) is 2. The van der Waals surface area contributed by atoms with Gasteiger partial charge in [0.2, 0.25) is 5.91 Å². The van der Waals surface area contributed by atoms with E-state index in [0.29, 0.717) is 12.2 Å². The average Bonchev–Trinajstić information content (AvgIpc) is 2.18. The van der Waals surface area contributed by atoms with Crippen molar-refractivity contribution in [1.82, 2.24) is 10.3 Å². The van der Waals surface area contributed by atoms with Crippen molar-refractivity contribution in [2.75, 3.05) is 13.2 Å². The van der Waals surface area contributed by atoms with E-state index in [1.807, 2.05) is 0 Å². The highest BCUT2D eigenvalue weighted by Crippen LogP contribution is 2.10. The number of morpholine rings is 1.